The normalized spacial score (nSPS) is 16.7. The van der Waals surface area contributed by atoms with Gasteiger partial charge in [0, 0.05) is 24.2 Å². The van der Waals surface area contributed by atoms with Crippen molar-refractivity contribution in [3.8, 4) is 0 Å². The van der Waals surface area contributed by atoms with Crippen LogP contribution in [0.25, 0.3) is 10.2 Å². The fourth-order valence-corrected chi connectivity index (χ4v) is 7.45. The summed E-state index contributed by atoms with van der Waals surface area (Å²) in [4.78, 5) is 16.2. The molecule has 7 nitrogen and oxygen atoms in total. The lowest BCUT2D eigenvalue weighted by Crippen LogP contribution is -2.30. The van der Waals surface area contributed by atoms with Gasteiger partial charge in [0.25, 0.3) is 0 Å². The Hall–Kier alpha value is -1.75. The van der Waals surface area contributed by atoms with Crippen LogP contribution in [0, 0.1) is 5.92 Å². The second-order valence-corrected chi connectivity index (χ2v) is 11.8. The molecule has 0 aromatic carbocycles. The number of thiophene rings is 1. The van der Waals surface area contributed by atoms with Crippen molar-refractivity contribution in [3.63, 3.8) is 0 Å². The van der Waals surface area contributed by atoms with Gasteiger partial charge in [-0.15, -0.1) is 11.3 Å². The van der Waals surface area contributed by atoms with Crippen molar-refractivity contribution in [1.82, 2.24) is 19.3 Å². The number of rotatable bonds is 7. The van der Waals surface area contributed by atoms with Crippen LogP contribution in [0.4, 0.5) is 5.82 Å². The molecule has 0 amide bonds. The van der Waals surface area contributed by atoms with Crippen LogP contribution in [-0.4, -0.2) is 40.8 Å². The molecule has 1 atom stereocenters. The fourth-order valence-electron chi connectivity index (χ4n) is 3.94. The summed E-state index contributed by atoms with van der Waals surface area (Å²) in [7, 11) is -3.50. The van der Waals surface area contributed by atoms with Gasteiger partial charge in [0.15, 0.2) is 0 Å². The van der Waals surface area contributed by atoms with Crippen LogP contribution in [0.3, 0.4) is 0 Å². The summed E-state index contributed by atoms with van der Waals surface area (Å²) in [6.07, 6.45) is 4.74. The lowest BCUT2D eigenvalue weighted by atomic mass is 9.89. The zero-order valence-electron chi connectivity index (χ0n) is 18.0. The highest BCUT2D eigenvalue weighted by Gasteiger charge is 2.24. The molecule has 0 aliphatic heterocycles. The van der Waals surface area contributed by atoms with Gasteiger partial charge in [-0.1, -0.05) is 32.5 Å². The number of pyridine rings is 1. The minimum Gasteiger partial charge on any atom is -0.383 e. The second-order valence-electron chi connectivity index (χ2n) is 7.77. The van der Waals surface area contributed by atoms with Crippen LogP contribution >= 0.6 is 23.1 Å². The molecule has 0 saturated heterocycles. The number of thioether (sulfide) groups is 1. The third-order valence-electron chi connectivity index (χ3n) is 5.63. The summed E-state index contributed by atoms with van der Waals surface area (Å²) < 4.78 is 26.6. The number of aromatic nitrogens is 3. The van der Waals surface area contributed by atoms with E-state index in [1.165, 1.54) is 39.1 Å². The van der Waals surface area contributed by atoms with E-state index in [1.807, 2.05) is 13.8 Å². The Kier molecular flexibility index (Phi) is 6.52. The molecule has 1 aliphatic rings. The number of aryl methyl sites for hydroxylation is 1. The first kappa shape index (κ1) is 22.4. The molecule has 3 aromatic heterocycles. The lowest BCUT2D eigenvalue weighted by Gasteiger charge is -2.18. The highest BCUT2D eigenvalue weighted by atomic mass is 32.2. The van der Waals surface area contributed by atoms with E-state index in [9.17, 15) is 8.42 Å². The van der Waals surface area contributed by atoms with Crippen molar-refractivity contribution in [1.29, 1.82) is 0 Å². The Morgan fingerprint density at radius 3 is 2.71 bits per heavy atom. The summed E-state index contributed by atoms with van der Waals surface area (Å²) in [5.41, 5.74) is 7.65. The van der Waals surface area contributed by atoms with Crippen molar-refractivity contribution < 1.29 is 8.42 Å². The molecule has 0 saturated carbocycles. The van der Waals surface area contributed by atoms with Crippen molar-refractivity contribution >= 4 is 49.2 Å². The van der Waals surface area contributed by atoms with Crippen molar-refractivity contribution in [2.75, 3.05) is 18.8 Å². The monoisotopic (exact) mass is 477 g/mol. The number of nitrogen functional groups attached to an aromatic ring is 1. The Morgan fingerprint density at radius 1 is 1.26 bits per heavy atom. The number of hydrogen-bond acceptors (Lipinski definition) is 8. The molecule has 3 aromatic rings. The van der Waals surface area contributed by atoms with Gasteiger partial charge in [-0.05, 0) is 42.9 Å². The molecule has 0 spiro atoms. The van der Waals surface area contributed by atoms with E-state index in [0.29, 0.717) is 36.4 Å². The summed E-state index contributed by atoms with van der Waals surface area (Å²) in [6, 6.07) is 3.34. The summed E-state index contributed by atoms with van der Waals surface area (Å²) in [5, 5.41) is 1.75. The van der Waals surface area contributed by atoms with Gasteiger partial charge in [-0.2, -0.15) is 4.31 Å². The Balaban J connectivity index is 1.50. The standard InChI is InChI=1S/C21H27N5O2S3/c1-4-26(5-2)31(27,28)14-7-9-18(23-11-14)29-12-17-24-20(22)19-15-8-6-13(3)10-16(15)30-21(19)25-17/h7,9,11,13H,4-6,8,10,12H2,1-3H3,(H2,22,24,25). The number of nitrogens with zero attached hydrogens (tertiary/aromatic N) is 4. The number of anilines is 1. The van der Waals surface area contributed by atoms with E-state index in [0.717, 1.165) is 28.1 Å². The van der Waals surface area contributed by atoms with Crippen LogP contribution in [0.2, 0.25) is 0 Å². The topological polar surface area (TPSA) is 102 Å². The Bertz CT molecular complexity index is 1190. The van der Waals surface area contributed by atoms with Gasteiger partial charge in [0.2, 0.25) is 10.0 Å². The summed E-state index contributed by atoms with van der Waals surface area (Å²) in [6.45, 7) is 6.80. The maximum atomic E-state index is 12.6. The van der Waals surface area contributed by atoms with Crippen LogP contribution in [0.5, 0.6) is 0 Å². The maximum Gasteiger partial charge on any atom is 0.244 e. The largest absolute Gasteiger partial charge is 0.383 e. The molecule has 3 heterocycles. The Labute approximate surface area is 191 Å². The summed E-state index contributed by atoms with van der Waals surface area (Å²) in [5.74, 6) is 2.45. The first-order valence-electron chi connectivity index (χ1n) is 10.5. The zero-order chi connectivity index (χ0) is 22.2. The zero-order valence-corrected chi connectivity index (χ0v) is 20.4. The van der Waals surface area contributed by atoms with E-state index in [4.69, 9.17) is 10.7 Å². The van der Waals surface area contributed by atoms with Gasteiger partial charge in [0.1, 0.15) is 21.4 Å². The minimum absolute atomic E-state index is 0.209. The average molecular weight is 478 g/mol. The molecule has 31 heavy (non-hydrogen) atoms. The number of hydrogen-bond donors (Lipinski definition) is 1. The molecule has 0 fully saturated rings. The van der Waals surface area contributed by atoms with Crippen LogP contribution < -0.4 is 5.73 Å². The van der Waals surface area contributed by atoms with Gasteiger partial charge in [-0.25, -0.2) is 23.4 Å². The van der Waals surface area contributed by atoms with Gasteiger partial charge >= 0.3 is 0 Å². The molecule has 2 N–H and O–H groups in total. The van der Waals surface area contributed by atoms with E-state index in [1.54, 1.807) is 23.5 Å². The van der Waals surface area contributed by atoms with Gasteiger partial charge in [-0.3, -0.25) is 0 Å². The second kappa shape index (κ2) is 9.01. The molecular weight excluding hydrogens is 450 g/mol. The molecule has 1 aliphatic carbocycles. The SMILES string of the molecule is CCN(CC)S(=O)(=O)c1ccc(SCc2nc(N)c3c4c(sc3n2)CC(C)CC4)nc1. The molecule has 4 rings (SSSR count). The van der Waals surface area contributed by atoms with E-state index in [2.05, 4.69) is 16.9 Å². The maximum absolute atomic E-state index is 12.6. The number of sulfonamides is 1. The molecule has 166 valence electrons. The number of fused-ring (bicyclic) bond motifs is 3. The van der Waals surface area contributed by atoms with Crippen molar-refractivity contribution in [2.45, 2.75) is 55.7 Å². The van der Waals surface area contributed by atoms with Crippen LogP contribution in [0.1, 0.15) is 43.5 Å². The number of nitrogens with two attached hydrogens (primary N) is 1. The molecule has 0 bridgehead atoms. The van der Waals surface area contributed by atoms with E-state index < -0.39 is 10.0 Å². The highest BCUT2D eigenvalue weighted by molar-refractivity contribution is 7.98. The third-order valence-corrected chi connectivity index (χ3v) is 9.75. The van der Waals surface area contributed by atoms with Crippen LogP contribution in [-0.2, 0) is 28.6 Å². The van der Waals surface area contributed by atoms with Crippen molar-refractivity contribution in [2.24, 2.45) is 5.92 Å². The average Bonchev–Trinajstić information content (AvgIpc) is 3.11. The fraction of sp³-hybridized carbons (Fsp3) is 0.476. The summed E-state index contributed by atoms with van der Waals surface area (Å²) >= 11 is 3.21. The predicted molar refractivity (Wildman–Crippen MR) is 127 cm³/mol. The van der Waals surface area contributed by atoms with Crippen molar-refractivity contribution in [3.05, 3.63) is 34.6 Å². The third kappa shape index (κ3) is 4.44. The lowest BCUT2D eigenvalue weighted by molar-refractivity contribution is 0.445. The van der Waals surface area contributed by atoms with Gasteiger partial charge < -0.3 is 5.73 Å². The quantitative estimate of drug-likeness (QED) is 0.511. The highest BCUT2D eigenvalue weighted by Crippen LogP contribution is 2.39. The van der Waals surface area contributed by atoms with E-state index in [-0.39, 0.29) is 4.90 Å². The first-order valence-corrected chi connectivity index (χ1v) is 13.7. The smallest absolute Gasteiger partial charge is 0.244 e. The minimum atomic E-state index is -3.50. The van der Waals surface area contributed by atoms with Gasteiger partial charge in [0.05, 0.1) is 16.2 Å². The van der Waals surface area contributed by atoms with E-state index >= 15 is 0 Å². The molecular formula is C21H27N5O2S3. The first-order chi connectivity index (χ1) is 14.8. The van der Waals surface area contributed by atoms with Crippen LogP contribution in [0.15, 0.2) is 28.3 Å². The molecule has 1 unspecified atom stereocenters. The molecule has 0 radical (unpaired) electrons. The predicted octanol–water partition coefficient (Wildman–Crippen LogP) is 4.12. The Morgan fingerprint density at radius 2 is 2.03 bits per heavy atom. The molecule has 10 heteroatoms.